The van der Waals surface area contributed by atoms with Gasteiger partial charge in [0.15, 0.2) is 0 Å². The number of anilines is 2. The topological polar surface area (TPSA) is 116 Å². The number of aromatic carboxylic acids is 1. The van der Waals surface area contributed by atoms with Crippen LogP contribution in [-0.2, 0) is 0 Å². The molecule has 4 N–H and O–H groups in total. The molecule has 0 unspecified atom stereocenters. The zero-order valence-electron chi connectivity index (χ0n) is 10.8. The predicted octanol–water partition coefficient (Wildman–Crippen LogP) is 2.09. The van der Waals surface area contributed by atoms with Gasteiger partial charge in [0.25, 0.3) is 5.91 Å². The zero-order chi connectivity index (χ0) is 15.4. The molecule has 6 heteroatoms. The average molecular weight is 281 g/mol. The van der Waals surface area contributed by atoms with Gasteiger partial charge in [0, 0.05) is 5.56 Å². The summed E-state index contributed by atoms with van der Waals surface area (Å²) in [6, 6.07) is 12.1. The molecule has 6 nitrogen and oxygen atoms in total. The number of benzene rings is 2. The largest absolute Gasteiger partial charge is 0.478 e. The van der Waals surface area contributed by atoms with Gasteiger partial charge in [-0.05, 0) is 42.5 Å². The van der Waals surface area contributed by atoms with E-state index in [1.807, 2.05) is 6.07 Å². The summed E-state index contributed by atoms with van der Waals surface area (Å²) in [6.07, 6.45) is 0. The van der Waals surface area contributed by atoms with E-state index in [9.17, 15) is 9.59 Å². The third-order valence-corrected chi connectivity index (χ3v) is 2.82. The number of carbonyl (C=O) groups is 2. The lowest BCUT2D eigenvalue weighted by molar-refractivity contribution is 0.0696. The minimum atomic E-state index is -1.11. The van der Waals surface area contributed by atoms with Crippen molar-refractivity contribution >= 4 is 23.3 Å². The summed E-state index contributed by atoms with van der Waals surface area (Å²) in [4.78, 5) is 23.0. The van der Waals surface area contributed by atoms with Gasteiger partial charge < -0.3 is 16.2 Å². The van der Waals surface area contributed by atoms with Crippen LogP contribution in [-0.4, -0.2) is 17.0 Å². The molecule has 21 heavy (non-hydrogen) atoms. The number of carboxylic acid groups (broad SMARTS) is 1. The summed E-state index contributed by atoms with van der Waals surface area (Å²) in [5.41, 5.74) is 7.02. The van der Waals surface area contributed by atoms with Crippen LogP contribution in [0.3, 0.4) is 0 Å². The van der Waals surface area contributed by atoms with Crippen molar-refractivity contribution in [2.45, 2.75) is 0 Å². The lowest BCUT2D eigenvalue weighted by atomic mass is 10.1. The van der Waals surface area contributed by atoms with Crippen LogP contribution >= 0.6 is 0 Å². The Bertz CT molecular complexity index is 746. The van der Waals surface area contributed by atoms with Crippen LogP contribution < -0.4 is 11.1 Å². The highest BCUT2D eigenvalue weighted by molar-refractivity contribution is 6.06. The zero-order valence-corrected chi connectivity index (χ0v) is 10.8. The normalized spacial score (nSPS) is 9.67. The predicted molar refractivity (Wildman–Crippen MR) is 76.9 cm³/mol. The van der Waals surface area contributed by atoms with Gasteiger partial charge in [-0.1, -0.05) is 0 Å². The van der Waals surface area contributed by atoms with Gasteiger partial charge in [-0.2, -0.15) is 5.26 Å². The molecular weight excluding hydrogens is 270 g/mol. The van der Waals surface area contributed by atoms with Gasteiger partial charge in [0.1, 0.15) is 0 Å². The van der Waals surface area contributed by atoms with Gasteiger partial charge in [0.05, 0.1) is 28.6 Å². The van der Waals surface area contributed by atoms with Crippen molar-refractivity contribution in [3.8, 4) is 6.07 Å². The first kappa shape index (κ1) is 14.1. The fraction of sp³-hybridized carbons (Fsp3) is 0. The standard InChI is InChI=1S/C15H11N3O3/c16-8-9-1-3-10(4-2-9)14(19)18-13-7-11(15(20)21)5-6-12(13)17/h1-7H,17H2,(H,18,19)(H,20,21). The summed E-state index contributed by atoms with van der Waals surface area (Å²) in [5, 5.41) is 20.2. The molecule has 0 aliphatic heterocycles. The maximum Gasteiger partial charge on any atom is 0.335 e. The van der Waals surface area contributed by atoms with Crippen LogP contribution in [0, 0.1) is 11.3 Å². The number of nitrogens with zero attached hydrogens (tertiary/aromatic N) is 1. The van der Waals surface area contributed by atoms with Gasteiger partial charge in [0.2, 0.25) is 0 Å². The van der Waals surface area contributed by atoms with E-state index in [2.05, 4.69) is 5.32 Å². The molecule has 2 aromatic rings. The van der Waals surface area contributed by atoms with E-state index in [1.165, 1.54) is 42.5 Å². The van der Waals surface area contributed by atoms with Crippen LogP contribution in [0.1, 0.15) is 26.3 Å². The van der Waals surface area contributed by atoms with Crippen molar-refractivity contribution < 1.29 is 14.7 Å². The summed E-state index contributed by atoms with van der Waals surface area (Å²) >= 11 is 0. The van der Waals surface area contributed by atoms with Crippen molar-refractivity contribution in [2.24, 2.45) is 0 Å². The second-order valence-electron chi connectivity index (χ2n) is 4.25. The van der Waals surface area contributed by atoms with E-state index >= 15 is 0 Å². The van der Waals surface area contributed by atoms with Crippen LogP contribution in [0.25, 0.3) is 0 Å². The minimum Gasteiger partial charge on any atom is -0.478 e. The van der Waals surface area contributed by atoms with E-state index in [0.717, 1.165) is 0 Å². The van der Waals surface area contributed by atoms with E-state index in [4.69, 9.17) is 16.1 Å². The first-order valence-electron chi connectivity index (χ1n) is 5.95. The Kier molecular flexibility index (Phi) is 3.86. The summed E-state index contributed by atoms with van der Waals surface area (Å²) in [5.74, 6) is -1.54. The van der Waals surface area contributed by atoms with Crippen molar-refractivity contribution in [2.75, 3.05) is 11.1 Å². The highest BCUT2D eigenvalue weighted by atomic mass is 16.4. The quantitative estimate of drug-likeness (QED) is 0.745. The third kappa shape index (κ3) is 3.16. The number of hydrogen-bond acceptors (Lipinski definition) is 4. The number of nitrogens with one attached hydrogen (secondary N) is 1. The van der Waals surface area contributed by atoms with E-state index < -0.39 is 11.9 Å². The van der Waals surface area contributed by atoms with Crippen LogP contribution in [0.4, 0.5) is 11.4 Å². The molecule has 0 aliphatic rings. The summed E-state index contributed by atoms with van der Waals surface area (Å²) in [7, 11) is 0. The molecule has 0 aliphatic carbocycles. The van der Waals surface area contributed by atoms with Gasteiger partial charge in [-0.15, -0.1) is 0 Å². The summed E-state index contributed by atoms with van der Waals surface area (Å²) < 4.78 is 0. The minimum absolute atomic E-state index is 0.0272. The Balaban J connectivity index is 2.24. The van der Waals surface area contributed by atoms with Gasteiger partial charge in [-0.3, -0.25) is 4.79 Å². The number of amides is 1. The average Bonchev–Trinajstić information content (AvgIpc) is 2.49. The molecule has 0 atom stereocenters. The first-order chi connectivity index (χ1) is 10.0. The van der Waals surface area contributed by atoms with Crippen LogP contribution in [0.2, 0.25) is 0 Å². The molecule has 0 saturated heterocycles. The van der Waals surface area contributed by atoms with Gasteiger partial charge in [-0.25, -0.2) is 4.79 Å². The number of nitrogen functional groups attached to an aromatic ring is 1. The molecule has 0 saturated carbocycles. The number of nitriles is 1. The van der Waals surface area contributed by atoms with Crippen molar-refractivity contribution in [1.82, 2.24) is 0 Å². The molecule has 0 aromatic heterocycles. The van der Waals surface area contributed by atoms with E-state index in [-0.39, 0.29) is 16.9 Å². The monoisotopic (exact) mass is 281 g/mol. The SMILES string of the molecule is N#Cc1ccc(C(=O)Nc2cc(C(=O)O)ccc2N)cc1. The lowest BCUT2D eigenvalue weighted by Crippen LogP contribution is -2.14. The smallest absolute Gasteiger partial charge is 0.335 e. The molecule has 0 fully saturated rings. The molecule has 0 heterocycles. The Morgan fingerprint density at radius 1 is 1.10 bits per heavy atom. The number of carbonyl (C=O) groups excluding carboxylic acids is 1. The van der Waals surface area contributed by atoms with Crippen molar-refractivity contribution in [3.05, 3.63) is 59.2 Å². The molecule has 0 bridgehead atoms. The molecule has 104 valence electrons. The molecule has 1 amide bonds. The fourth-order valence-corrected chi connectivity index (χ4v) is 1.69. The second-order valence-corrected chi connectivity index (χ2v) is 4.25. The number of carboxylic acids is 1. The highest BCUT2D eigenvalue weighted by Crippen LogP contribution is 2.21. The molecule has 2 aromatic carbocycles. The second kappa shape index (κ2) is 5.75. The fourth-order valence-electron chi connectivity index (χ4n) is 1.69. The number of hydrogen-bond donors (Lipinski definition) is 3. The Hall–Kier alpha value is -3.33. The molecule has 0 radical (unpaired) electrons. The van der Waals surface area contributed by atoms with Crippen LogP contribution in [0.5, 0.6) is 0 Å². The van der Waals surface area contributed by atoms with E-state index in [1.54, 1.807) is 0 Å². The van der Waals surface area contributed by atoms with Crippen LogP contribution in [0.15, 0.2) is 42.5 Å². The van der Waals surface area contributed by atoms with E-state index in [0.29, 0.717) is 11.1 Å². The summed E-state index contributed by atoms with van der Waals surface area (Å²) in [6.45, 7) is 0. The first-order valence-corrected chi connectivity index (χ1v) is 5.95. The maximum atomic E-state index is 12.1. The highest BCUT2D eigenvalue weighted by Gasteiger charge is 2.11. The Morgan fingerprint density at radius 2 is 1.71 bits per heavy atom. The third-order valence-electron chi connectivity index (χ3n) is 2.82. The molecular formula is C15H11N3O3. The van der Waals surface area contributed by atoms with Crippen molar-refractivity contribution in [1.29, 1.82) is 5.26 Å². The maximum absolute atomic E-state index is 12.1. The van der Waals surface area contributed by atoms with Gasteiger partial charge >= 0.3 is 5.97 Å². The molecule has 0 spiro atoms. The lowest BCUT2D eigenvalue weighted by Gasteiger charge is -2.09. The molecule has 2 rings (SSSR count). The number of nitrogens with two attached hydrogens (primary N) is 1. The Morgan fingerprint density at radius 3 is 2.29 bits per heavy atom. The van der Waals surface area contributed by atoms with Crippen molar-refractivity contribution in [3.63, 3.8) is 0 Å². The number of rotatable bonds is 3. The Labute approximate surface area is 120 Å².